The van der Waals surface area contributed by atoms with Crippen LogP contribution in [0.25, 0.3) is 0 Å². The van der Waals surface area contributed by atoms with Crippen molar-refractivity contribution in [3.8, 4) is 0 Å². The third-order valence-corrected chi connectivity index (χ3v) is 3.07. The molecule has 0 aliphatic rings. The van der Waals surface area contributed by atoms with Crippen LogP contribution in [0.15, 0.2) is 0 Å². The van der Waals surface area contributed by atoms with Crippen LogP contribution in [-0.2, 0) is 9.59 Å². The SMILES string of the molecule is CSCC(C)CNC(=O)C(C)(C)C(=O)O. The van der Waals surface area contributed by atoms with Gasteiger partial charge in [-0.05, 0) is 31.8 Å². The number of aliphatic carboxylic acids is 1. The molecule has 0 aromatic carbocycles. The van der Waals surface area contributed by atoms with Crippen LogP contribution in [0.2, 0.25) is 0 Å². The number of hydrogen-bond acceptors (Lipinski definition) is 3. The molecule has 1 atom stereocenters. The molecule has 4 nitrogen and oxygen atoms in total. The fourth-order valence-corrected chi connectivity index (χ4v) is 1.62. The molecule has 5 heteroatoms. The van der Waals surface area contributed by atoms with Crippen molar-refractivity contribution >= 4 is 23.6 Å². The molecule has 1 unspecified atom stereocenters. The van der Waals surface area contributed by atoms with E-state index in [1.807, 2.05) is 13.2 Å². The molecule has 0 bridgehead atoms. The maximum Gasteiger partial charge on any atom is 0.318 e. The maximum absolute atomic E-state index is 11.5. The van der Waals surface area contributed by atoms with Crippen LogP contribution in [0.3, 0.4) is 0 Å². The zero-order valence-electron chi connectivity index (χ0n) is 9.66. The fraction of sp³-hybridized carbons (Fsp3) is 0.800. The molecule has 1 amide bonds. The Labute approximate surface area is 94.8 Å². The second-order valence-electron chi connectivity index (χ2n) is 4.20. The predicted molar refractivity (Wildman–Crippen MR) is 62.0 cm³/mol. The molecule has 0 aliphatic carbocycles. The number of nitrogens with one attached hydrogen (secondary N) is 1. The summed E-state index contributed by atoms with van der Waals surface area (Å²) in [6.45, 7) is 5.36. The van der Waals surface area contributed by atoms with Gasteiger partial charge in [0.05, 0.1) is 0 Å². The van der Waals surface area contributed by atoms with Crippen LogP contribution >= 0.6 is 11.8 Å². The highest BCUT2D eigenvalue weighted by Crippen LogP contribution is 2.15. The number of carbonyl (C=O) groups excluding carboxylic acids is 1. The Kier molecular flexibility index (Phi) is 5.72. The zero-order chi connectivity index (χ0) is 12.1. The highest BCUT2D eigenvalue weighted by atomic mass is 32.2. The molecule has 0 rings (SSSR count). The van der Waals surface area contributed by atoms with Gasteiger partial charge in [-0.15, -0.1) is 0 Å². The molecule has 0 fully saturated rings. The molecule has 0 saturated carbocycles. The van der Waals surface area contributed by atoms with Gasteiger partial charge in [0.2, 0.25) is 5.91 Å². The molecule has 0 spiro atoms. The summed E-state index contributed by atoms with van der Waals surface area (Å²) in [7, 11) is 0. The largest absolute Gasteiger partial charge is 0.480 e. The maximum atomic E-state index is 11.5. The highest BCUT2D eigenvalue weighted by Gasteiger charge is 2.35. The fourth-order valence-electron chi connectivity index (χ4n) is 0.928. The number of carboxylic acids is 1. The van der Waals surface area contributed by atoms with Gasteiger partial charge in [0.1, 0.15) is 5.41 Å². The van der Waals surface area contributed by atoms with Gasteiger partial charge in [-0.3, -0.25) is 9.59 Å². The molecule has 0 heterocycles. The first-order chi connectivity index (χ1) is 6.82. The number of thioether (sulfide) groups is 1. The number of amides is 1. The van der Waals surface area contributed by atoms with Gasteiger partial charge in [0, 0.05) is 6.54 Å². The van der Waals surface area contributed by atoms with Gasteiger partial charge in [-0.25, -0.2) is 0 Å². The molecule has 2 N–H and O–H groups in total. The van der Waals surface area contributed by atoms with Crippen molar-refractivity contribution in [1.29, 1.82) is 0 Å². The van der Waals surface area contributed by atoms with Crippen LogP contribution in [0.5, 0.6) is 0 Å². The molecule has 0 aromatic rings. The van der Waals surface area contributed by atoms with E-state index >= 15 is 0 Å². The van der Waals surface area contributed by atoms with Gasteiger partial charge in [-0.2, -0.15) is 11.8 Å². The second kappa shape index (κ2) is 6.00. The number of hydrogen-bond donors (Lipinski definition) is 2. The van der Waals surface area contributed by atoms with E-state index in [-0.39, 0.29) is 0 Å². The summed E-state index contributed by atoms with van der Waals surface area (Å²) in [6, 6.07) is 0. The lowest BCUT2D eigenvalue weighted by Gasteiger charge is -2.20. The Bertz CT molecular complexity index is 241. The zero-order valence-corrected chi connectivity index (χ0v) is 10.5. The van der Waals surface area contributed by atoms with Crippen LogP contribution in [-0.4, -0.2) is 35.5 Å². The molecular formula is C10H19NO3S. The van der Waals surface area contributed by atoms with Crippen LogP contribution in [0.1, 0.15) is 20.8 Å². The molecule has 0 aromatic heterocycles. The van der Waals surface area contributed by atoms with Crippen molar-refractivity contribution in [2.24, 2.45) is 11.3 Å². The number of rotatable bonds is 6. The third-order valence-electron chi connectivity index (χ3n) is 2.16. The van der Waals surface area contributed by atoms with E-state index in [0.717, 1.165) is 5.75 Å². The Morgan fingerprint density at radius 3 is 2.40 bits per heavy atom. The Morgan fingerprint density at radius 1 is 1.47 bits per heavy atom. The lowest BCUT2D eigenvalue weighted by Crippen LogP contribution is -2.43. The van der Waals surface area contributed by atoms with E-state index in [0.29, 0.717) is 12.5 Å². The third kappa shape index (κ3) is 4.55. The predicted octanol–water partition coefficient (Wildman–Crippen LogP) is 1.21. The van der Waals surface area contributed by atoms with E-state index in [1.165, 1.54) is 13.8 Å². The monoisotopic (exact) mass is 233 g/mol. The van der Waals surface area contributed by atoms with Crippen LogP contribution in [0, 0.1) is 11.3 Å². The van der Waals surface area contributed by atoms with Gasteiger partial charge in [0.15, 0.2) is 0 Å². The minimum Gasteiger partial charge on any atom is -0.480 e. The first kappa shape index (κ1) is 14.3. The molecule has 88 valence electrons. The normalized spacial score (nSPS) is 13.3. The summed E-state index contributed by atoms with van der Waals surface area (Å²) in [5, 5.41) is 11.5. The van der Waals surface area contributed by atoms with E-state index in [4.69, 9.17) is 5.11 Å². The minimum atomic E-state index is -1.35. The Hall–Kier alpha value is -0.710. The molecule has 0 radical (unpaired) electrons. The lowest BCUT2D eigenvalue weighted by atomic mass is 9.92. The van der Waals surface area contributed by atoms with Crippen molar-refractivity contribution in [3.63, 3.8) is 0 Å². The standard InChI is InChI=1S/C10H19NO3S/c1-7(6-15-4)5-11-8(12)10(2,3)9(13)14/h7H,5-6H2,1-4H3,(H,11,12)(H,13,14). The summed E-state index contributed by atoms with van der Waals surface area (Å²) in [6.07, 6.45) is 2.00. The van der Waals surface area contributed by atoms with E-state index in [2.05, 4.69) is 5.32 Å². The first-order valence-corrected chi connectivity index (χ1v) is 6.22. The van der Waals surface area contributed by atoms with Crippen molar-refractivity contribution in [2.75, 3.05) is 18.6 Å². The summed E-state index contributed by atoms with van der Waals surface area (Å²) in [4.78, 5) is 22.3. The molecule has 0 aliphatic heterocycles. The average Bonchev–Trinajstić information content (AvgIpc) is 2.14. The molecule has 0 saturated heterocycles. The highest BCUT2D eigenvalue weighted by molar-refractivity contribution is 7.98. The first-order valence-electron chi connectivity index (χ1n) is 4.83. The Balaban J connectivity index is 4.09. The van der Waals surface area contributed by atoms with E-state index in [1.54, 1.807) is 11.8 Å². The summed E-state index contributed by atoms with van der Waals surface area (Å²) in [5.74, 6) is -0.220. The van der Waals surface area contributed by atoms with Crippen molar-refractivity contribution in [1.82, 2.24) is 5.32 Å². The Morgan fingerprint density at radius 2 is 2.00 bits per heavy atom. The quantitative estimate of drug-likeness (QED) is 0.677. The molecule has 15 heavy (non-hydrogen) atoms. The average molecular weight is 233 g/mol. The van der Waals surface area contributed by atoms with Gasteiger partial charge in [0.25, 0.3) is 0 Å². The second-order valence-corrected chi connectivity index (χ2v) is 5.11. The molecular weight excluding hydrogens is 214 g/mol. The minimum absolute atomic E-state index is 0.355. The summed E-state index contributed by atoms with van der Waals surface area (Å²) in [5.41, 5.74) is -1.35. The lowest BCUT2D eigenvalue weighted by molar-refractivity contribution is -0.153. The van der Waals surface area contributed by atoms with Gasteiger partial charge < -0.3 is 10.4 Å². The van der Waals surface area contributed by atoms with Crippen molar-refractivity contribution in [3.05, 3.63) is 0 Å². The smallest absolute Gasteiger partial charge is 0.318 e. The number of carbonyl (C=O) groups is 2. The van der Waals surface area contributed by atoms with Gasteiger partial charge >= 0.3 is 5.97 Å². The van der Waals surface area contributed by atoms with Crippen molar-refractivity contribution < 1.29 is 14.7 Å². The van der Waals surface area contributed by atoms with Gasteiger partial charge in [-0.1, -0.05) is 6.92 Å². The van der Waals surface area contributed by atoms with Crippen LogP contribution in [0.4, 0.5) is 0 Å². The number of carboxylic acid groups (broad SMARTS) is 1. The van der Waals surface area contributed by atoms with Crippen molar-refractivity contribution in [2.45, 2.75) is 20.8 Å². The summed E-state index contributed by atoms with van der Waals surface area (Å²) >= 11 is 1.71. The van der Waals surface area contributed by atoms with E-state index < -0.39 is 17.3 Å². The van der Waals surface area contributed by atoms with Crippen LogP contribution < -0.4 is 5.32 Å². The van der Waals surface area contributed by atoms with E-state index in [9.17, 15) is 9.59 Å². The topological polar surface area (TPSA) is 66.4 Å². The summed E-state index contributed by atoms with van der Waals surface area (Å²) < 4.78 is 0.